The highest BCUT2D eigenvalue weighted by molar-refractivity contribution is 6.30. The van der Waals surface area contributed by atoms with Gasteiger partial charge in [0.25, 0.3) is 5.89 Å². The summed E-state index contributed by atoms with van der Waals surface area (Å²) in [6.45, 7) is 0.466. The molecule has 1 aromatic heterocycles. The molecule has 0 radical (unpaired) electrons. The number of halogens is 1. The van der Waals surface area contributed by atoms with Crippen LogP contribution in [0.15, 0.2) is 16.7 Å². The van der Waals surface area contributed by atoms with Crippen LogP contribution in [0, 0.1) is 0 Å². The van der Waals surface area contributed by atoms with Gasteiger partial charge in [0.15, 0.2) is 23.9 Å². The van der Waals surface area contributed by atoms with Gasteiger partial charge in [0.2, 0.25) is 0 Å². The van der Waals surface area contributed by atoms with E-state index in [-0.39, 0.29) is 6.61 Å². The van der Waals surface area contributed by atoms with Gasteiger partial charge in [-0.05, 0) is 18.9 Å². The fraction of sp³-hybridized carbons (Fsp3) is 0.429. The van der Waals surface area contributed by atoms with Gasteiger partial charge in [0.1, 0.15) is 0 Å². The van der Waals surface area contributed by atoms with Crippen molar-refractivity contribution in [3.05, 3.63) is 34.4 Å². The van der Waals surface area contributed by atoms with Gasteiger partial charge >= 0.3 is 0 Å². The third kappa shape index (κ3) is 3.11. The molecule has 7 heteroatoms. The summed E-state index contributed by atoms with van der Waals surface area (Å²) in [4.78, 5) is 4.31. The van der Waals surface area contributed by atoms with E-state index in [9.17, 15) is 0 Å². The molecule has 1 heterocycles. The van der Waals surface area contributed by atoms with E-state index >= 15 is 0 Å². The van der Waals surface area contributed by atoms with Crippen molar-refractivity contribution < 1.29 is 14.0 Å². The van der Waals surface area contributed by atoms with Crippen molar-refractivity contribution in [1.82, 2.24) is 10.1 Å². The smallest absolute Gasteiger partial charge is 0.264 e. The molecule has 21 heavy (non-hydrogen) atoms. The molecular weight excluding hydrogens is 294 g/mol. The van der Waals surface area contributed by atoms with Crippen LogP contribution >= 0.6 is 11.6 Å². The van der Waals surface area contributed by atoms with Gasteiger partial charge in [0.05, 0.1) is 7.11 Å². The maximum Gasteiger partial charge on any atom is 0.264 e. The minimum atomic E-state index is 0.171. The second-order valence-electron chi connectivity index (χ2n) is 4.91. The zero-order chi connectivity index (χ0) is 14.8. The number of ether oxygens (including phenoxy) is 2. The van der Waals surface area contributed by atoms with E-state index < -0.39 is 0 Å². The van der Waals surface area contributed by atoms with Crippen LogP contribution in [0.1, 0.15) is 36.0 Å². The van der Waals surface area contributed by atoms with Crippen LogP contribution in [0.25, 0.3) is 0 Å². The van der Waals surface area contributed by atoms with Crippen molar-refractivity contribution in [2.45, 2.75) is 31.9 Å². The molecule has 0 saturated heterocycles. The highest BCUT2D eigenvalue weighted by atomic mass is 35.5. The van der Waals surface area contributed by atoms with Gasteiger partial charge in [-0.2, -0.15) is 4.98 Å². The van der Waals surface area contributed by atoms with Gasteiger partial charge < -0.3 is 19.7 Å². The molecule has 6 nitrogen and oxygen atoms in total. The third-order valence-electron chi connectivity index (χ3n) is 3.30. The summed E-state index contributed by atoms with van der Waals surface area (Å²) in [7, 11) is 1.55. The molecule has 0 aliphatic heterocycles. The summed E-state index contributed by atoms with van der Waals surface area (Å²) in [5.41, 5.74) is 6.48. The fourth-order valence-electron chi connectivity index (χ4n) is 2.06. The van der Waals surface area contributed by atoms with Crippen molar-refractivity contribution in [3.63, 3.8) is 0 Å². The minimum Gasteiger partial charge on any atom is -0.493 e. The van der Waals surface area contributed by atoms with Crippen LogP contribution in [0.2, 0.25) is 5.02 Å². The van der Waals surface area contributed by atoms with Crippen molar-refractivity contribution >= 4 is 11.6 Å². The molecule has 0 atom stereocenters. The second kappa shape index (κ2) is 5.91. The monoisotopic (exact) mass is 309 g/mol. The Morgan fingerprint density at radius 2 is 2.24 bits per heavy atom. The first-order chi connectivity index (χ1) is 10.2. The van der Waals surface area contributed by atoms with E-state index in [1.807, 2.05) is 0 Å². The largest absolute Gasteiger partial charge is 0.493 e. The molecule has 1 aromatic carbocycles. The van der Waals surface area contributed by atoms with Gasteiger partial charge in [-0.15, -0.1) is 0 Å². The maximum absolute atomic E-state index is 6.01. The molecule has 2 N–H and O–H groups in total. The number of hydrogen-bond acceptors (Lipinski definition) is 6. The molecule has 1 fully saturated rings. The molecule has 1 saturated carbocycles. The summed E-state index contributed by atoms with van der Waals surface area (Å²) in [6.07, 6.45) is 2.25. The number of aromatic nitrogens is 2. The summed E-state index contributed by atoms with van der Waals surface area (Å²) in [5.74, 6) is 2.74. The zero-order valence-corrected chi connectivity index (χ0v) is 12.4. The summed E-state index contributed by atoms with van der Waals surface area (Å²) < 4.78 is 16.2. The Hall–Kier alpha value is -1.79. The van der Waals surface area contributed by atoms with E-state index in [1.54, 1.807) is 19.2 Å². The van der Waals surface area contributed by atoms with Crippen LogP contribution in [-0.2, 0) is 13.2 Å². The fourth-order valence-corrected chi connectivity index (χ4v) is 2.29. The topological polar surface area (TPSA) is 83.4 Å². The van der Waals surface area contributed by atoms with Crippen molar-refractivity contribution in [2.24, 2.45) is 5.73 Å². The van der Waals surface area contributed by atoms with Gasteiger partial charge in [0, 0.05) is 29.1 Å². The predicted octanol–water partition coefficient (Wildman–Crippen LogP) is 2.65. The number of hydrogen-bond donors (Lipinski definition) is 1. The molecule has 1 aliphatic rings. The lowest BCUT2D eigenvalue weighted by atomic mass is 10.2. The van der Waals surface area contributed by atoms with Gasteiger partial charge in [-0.25, -0.2) is 0 Å². The summed E-state index contributed by atoms with van der Waals surface area (Å²) in [6, 6.07) is 3.43. The van der Waals surface area contributed by atoms with E-state index in [2.05, 4.69) is 10.1 Å². The summed E-state index contributed by atoms with van der Waals surface area (Å²) in [5, 5.41) is 4.50. The van der Waals surface area contributed by atoms with E-state index in [0.717, 1.165) is 24.2 Å². The van der Waals surface area contributed by atoms with Crippen molar-refractivity contribution in [1.29, 1.82) is 0 Å². The molecule has 0 bridgehead atoms. The van der Waals surface area contributed by atoms with E-state index in [0.29, 0.717) is 34.9 Å². The van der Waals surface area contributed by atoms with E-state index in [4.69, 9.17) is 31.3 Å². The summed E-state index contributed by atoms with van der Waals surface area (Å²) >= 11 is 6.01. The van der Waals surface area contributed by atoms with Crippen LogP contribution in [-0.4, -0.2) is 17.3 Å². The first kappa shape index (κ1) is 14.2. The molecule has 3 rings (SSSR count). The predicted molar refractivity (Wildman–Crippen MR) is 76.5 cm³/mol. The molecule has 2 aromatic rings. The number of nitrogens with two attached hydrogens (primary N) is 1. The quantitative estimate of drug-likeness (QED) is 0.883. The minimum absolute atomic E-state index is 0.171. The highest BCUT2D eigenvalue weighted by Crippen LogP contribution is 2.38. The van der Waals surface area contributed by atoms with Crippen LogP contribution in [0.4, 0.5) is 0 Å². The average molecular weight is 310 g/mol. The van der Waals surface area contributed by atoms with Gasteiger partial charge in [-0.3, -0.25) is 0 Å². The molecule has 112 valence electrons. The third-order valence-corrected chi connectivity index (χ3v) is 3.52. The SMILES string of the molecule is COc1cc(Cl)cc(CN)c1OCc1nc(C2CC2)no1. The van der Waals surface area contributed by atoms with Crippen LogP contribution in [0.3, 0.4) is 0 Å². The first-order valence-electron chi connectivity index (χ1n) is 6.73. The lowest BCUT2D eigenvalue weighted by Crippen LogP contribution is -2.05. The molecule has 0 unspecified atom stereocenters. The lowest BCUT2D eigenvalue weighted by Gasteiger charge is -2.13. The Morgan fingerprint density at radius 3 is 2.90 bits per heavy atom. The maximum atomic E-state index is 6.01. The Balaban J connectivity index is 1.76. The highest BCUT2D eigenvalue weighted by Gasteiger charge is 2.28. The molecular formula is C14H16ClN3O3. The Bertz CT molecular complexity index is 615. The standard InChI is InChI=1S/C14H16ClN3O3/c1-19-11-5-10(15)4-9(6-16)13(11)20-7-12-17-14(18-21-12)8-2-3-8/h4-5,8H,2-3,6-7,16H2,1H3. The van der Waals surface area contributed by atoms with Crippen molar-refractivity contribution in [2.75, 3.05) is 7.11 Å². The molecule has 1 aliphatic carbocycles. The second-order valence-corrected chi connectivity index (χ2v) is 5.35. The number of methoxy groups -OCH3 is 1. The lowest BCUT2D eigenvalue weighted by molar-refractivity contribution is 0.231. The first-order valence-corrected chi connectivity index (χ1v) is 7.10. The van der Waals surface area contributed by atoms with Crippen LogP contribution < -0.4 is 15.2 Å². The Morgan fingerprint density at radius 1 is 1.43 bits per heavy atom. The number of benzene rings is 1. The molecule has 0 spiro atoms. The number of rotatable bonds is 6. The van der Waals surface area contributed by atoms with Crippen LogP contribution in [0.5, 0.6) is 11.5 Å². The normalized spacial score (nSPS) is 14.2. The van der Waals surface area contributed by atoms with Gasteiger partial charge in [-0.1, -0.05) is 16.8 Å². The average Bonchev–Trinajstić information content (AvgIpc) is 3.24. The molecule has 0 amide bonds. The zero-order valence-electron chi connectivity index (χ0n) is 11.6. The van der Waals surface area contributed by atoms with Crippen molar-refractivity contribution in [3.8, 4) is 11.5 Å². The van der Waals surface area contributed by atoms with E-state index in [1.165, 1.54) is 0 Å². The number of nitrogens with zero attached hydrogens (tertiary/aromatic N) is 2. The Labute approximate surface area is 127 Å². The Kier molecular flexibility index (Phi) is 3.98.